The average molecular weight is 288 g/mol. The number of hydrogen-bond acceptors (Lipinski definition) is 4. The van der Waals surface area contributed by atoms with Crippen LogP contribution in [0.15, 0.2) is 12.4 Å². The zero-order chi connectivity index (χ0) is 14.8. The molecule has 112 valence electrons. The van der Waals surface area contributed by atoms with Crippen molar-refractivity contribution in [3.05, 3.63) is 23.8 Å². The van der Waals surface area contributed by atoms with Gasteiger partial charge >= 0.3 is 0 Å². The van der Waals surface area contributed by atoms with Crippen molar-refractivity contribution in [3.8, 4) is 0 Å². The molecule has 0 unspecified atom stereocenters. The highest BCUT2D eigenvalue weighted by atomic mass is 16.2. The van der Waals surface area contributed by atoms with Gasteiger partial charge in [-0.3, -0.25) is 14.6 Å². The largest absolute Gasteiger partial charge is 0.353 e. The fourth-order valence-electron chi connectivity index (χ4n) is 2.24. The lowest BCUT2D eigenvalue weighted by atomic mass is 10.3. The fourth-order valence-corrected chi connectivity index (χ4v) is 2.24. The lowest BCUT2D eigenvalue weighted by molar-refractivity contribution is -0.121. The minimum atomic E-state index is -0.121. The van der Waals surface area contributed by atoms with E-state index in [1.807, 2.05) is 6.92 Å². The molecule has 1 aromatic rings. The van der Waals surface area contributed by atoms with Crippen molar-refractivity contribution in [1.82, 2.24) is 20.2 Å². The van der Waals surface area contributed by atoms with Gasteiger partial charge in [-0.05, 0) is 32.6 Å². The van der Waals surface area contributed by atoms with Crippen molar-refractivity contribution in [1.29, 1.82) is 0 Å². The van der Waals surface area contributed by atoms with Gasteiger partial charge in [0.15, 0.2) is 0 Å². The van der Waals surface area contributed by atoms with Gasteiger partial charge in [-0.2, -0.15) is 0 Å². The van der Waals surface area contributed by atoms with Crippen LogP contribution in [0.4, 0.5) is 0 Å². The molecule has 6 heteroatoms. The Balaban J connectivity index is 1.59. The fraction of sp³-hybridized carbons (Fsp3) is 0.600. The van der Waals surface area contributed by atoms with Crippen LogP contribution in [-0.2, 0) is 4.79 Å². The summed E-state index contributed by atoms with van der Waals surface area (Å²) in [7, 11) is 0. The van der Waals surface area contributed by atoms with Gasteiger partial charge in [0.2, 0.25) is 5.91 Å². The van der Waals surface area contributed by atoms with E-state index in [0.717, 1.165) is 31.4 Å². The first-order valence-corrected chi connectivity index (χ1v) is 7.52. The van der Waals surface area contributed by atoms with E-state index in [4.69, 9.17) is 0 Å². The molecule has 0 spiro atoms. The summed E-state index contributed by atoms with van der Waals surface area (Å²) in [4.78, 5) is 34.3. The topological polar surface area (TPSA) is 75.2 Å². The molecule has 2 fully saturated rings. The van der Waals surface area contributed by atoms with E-state index in [2.05, 4.69) is 15.3 Å². The third kappa shape index (κ3) is 3.77. The Morgan fingerprint density at radius 2 is 2.00 bits per heavy atom. The molecule has 1 heterocycles. The molecule has 1 aromatic heterocycles. The monoisotopic (exact) mass is 288 g/mol. The van der Waals surface area contributed by atoms with Crippen molar-refractivity contribution in [2.24, 2.45) is 0 Å². The van der Waals surface area contributed by atoms with Gasteiger partial charge < -0.3 is 10.2 Å². The molecule has 0 aliphatic heterocycles. The summed E-state index contributed by atoms with van der Waals surface area (Å²) in [5.74, 6) is -0.0878. The molecule has 2 aliphatic carbocycles. The number of amides is 2. The molecule has 3 rings (SSSR count). The standard InChI is InChI=1S/C15H20N4O2/c1-10-8-17-13(9-16-10)15(21)19(12-4-5-12)7-6-14(20)18-11-2-3-11/h8-9,11-12H,2-7H2,1H3,(H,18,20). The molecule has 0 aromatic carbocycles. The van der Waals surface area contributed by atoms with Crippen LogP contribution in [-0.4, -0.2) is 45.3 Å². The van der Waals surface area contributed by atoms with Crippen molar-refractivity contribution in [2.45, 2.75) is 51.1 Å². The quantitative estimate of drug-likeness (QED) is 0.849. The maximum absolute atomic E-state index is 12.5. The number of nitrogens with one attached hydrogen (secondary N) is 1. The normalized spacial score (nSPS) is 17.4. The Morgan fingerprint density at radius 3 is 2.57 bits per heavy atom. The molecular weight excluding hydrogens is 268 g/mol. The number of nitrogens with zero attached hydrogens (tertiary/aromatic N) is 3. The van der Waals surface area contributed by atoms with Gasteiger partial charge in [-0.25, -0.2) is 4.98 Å². The van der Waals surface area contributed by atoms with Crippen LogP contribution in [0.2, 0.25) is 0 Å². The van der Waals surface area contributed by atoms with E-state index < -0.39 is 0 Å². The molecule has 2 amide bonds. The highest BCUT2D eigenvalue weighted by Gasteiger charge is 2.34. The van der Waals surface area contributed by atoms with Gasteiger partial charge in [-0.1, -0.05) is 0 Å². The average Bonchev–Trinajstić information content (AvgIpc) is 3.33. The third-order valence-corrected chi connectivity index (χ3v) is 3.77. The minimum Gasteiger partial charge on any atom is -0.353 e. The van der Waals surface area contributed by atoms with E-state index in [1.165, 1.54) is 6.20 Å². The number of carbonyl (C=O) groups is 2. The molecule has 0 atom stereocenters. The van der Waals surface area contributed by atoms with Crippen molar-refractivity contribution in [3.63, 3.8) is 0 Å². The molecule has 0 bridgehead atoms. The summed E-state index contributed by atoms with van der Waals surface area (Å²) in [6.07, 6.45) is 7.64. The van der Waals surface area contributed by atoms with Crippen LogP contribution in [0.1, 0.15) is 48.3 Å². The SMILES string of the molecule is Cc1cnc(C(=O)N(CCC(=O)NC2CC2)C2CC2)cn1. The van der Waals surface area contributed by atoms with Crippen molar-refractivity contribution in [2.75, 3.05) is 6.54 Å². The highest BCUT2D eigenvalue weighted by molar-refractivity contribution is 5.92. The van der Waals surface area contributed by atoms with E-state index in [9.17, 15) is 9.59 Å². The van der Waals surface area contributed by atoms with Crippen LogP contribution in [0, 0.1) is 6.92 Å². The lowest BCUT2D eigenvalue weighted by Crippen LogP contribution is -2.37. The molecule has 0 radical (unpaired) electrons. The first-order valence-electron chi connectivity index (χ1n) is 7.52. The van der Waals surface area contributed by atoms with Crippen LogP contribution in [0.25, 0.3) is 0 Å². The molecule has 1 N–H and O–H groups in total. The zero-order valence-electron chi connectivity index (χ0n) is 12.2. The Hall–Kier alpha value is -1.98. The van der Waals surface area contributed by atoms with Crippen LogP contribution < -0.4 is 5.32 Å². The number of aryl methyl sites for hydroxylation is 1. The Labute approximate surface area is 124 Å². The van der Waals surface area contributed by atoms with E-state index >= 15 is 0 Å². The summed E-state index contributed by atoms with van der Waals surface area (Å²) >= 11 is 0. The number of hydrogen-bond donors (Lipinski definition) is 1. The second-order valence-corrected chi connectivity index (χ2v) is 5.86. The summed E-state index contributed by atoms with van der Waals surface area (Å²) in [5, 5.41) is 2.95. The summed E-state index contributed by atoms with van der Waals surface area (Å²) < 4.78 is 0. The predicted molar refractivity (Wildman–Crippen MR) is 76.6 cm³/mol. The smallest absolute Gasteiger partial charge is 0.274 e. The van der Waals surface area contributed by atoms with Crippen molar-refractivity contribution >= 4 is 11.8 Å². The second kappa shape index (κ2) is 5.79. The molecule has 0 saturated heterocycles. The minimum absolute atomic E-state index is 0.0333. The van der Waals surface area contributed by atoms with Gasteiger partial charge in [0, 0.05) is 31.2 Å². The molecule has 2 saturated carbocycles. The Bertz CT molecular complexity index is 535. The molecule has 2 aliphatic rings. The first kappa shape index (κ1) is 14.0. The van der Waals surface area contributed by atoms with Crippen molar-refractivity contribution < 1.29 is 9.59 Å². The number of aromatic nitrogens is 2. The second-order valence-electron chi connectivity index (χ2n) is 5.86. The van der Waals surface area contributed by atoms with E-state index in [1.54, 1.807) is 11.1 Å². The van der Waals surface area contributed by atoms with Gasteiger partial charge in [0.05, 0.1) is 11.9 Å². The molecular formula is C15H20N4O2. The van der Waals surface area contributed by atoms with Crippen LogP contribution in [0.5, 0.6) is 0 Å². The number of rotatable bonds is 6. The maximum Gasteiger partial charge on any atom is 0.274 e. The van der Waals surface area contributed by atoms with Crippen LogP contribution in [0.3, 0.4) is 0 Å². The van der Waals surface area contributed by atoms with Gasteiger partial charge in [0.1, 0.15) is 5.69 Å². The Kier molecular flexibility index (Phi) is 3.86. The maximum atomic E-state index is 12.5. The summed E-state index contributed by atoms with van der Waals surface area (Å²) in [6, 6.07) is 0.625. The predicted octanol–water partition coefficient (Wildman–Crippen LogP) is 1.06. The first-order chi connectivity index (χ1) is 10.1. The van der Waals surface area contributed by atoms with Gasteiger partial charge in [0.25, 0.3) is 5.91 Å². The van der Waals surface area contributed by atoms with E-state index in [0.29, 0.717) is 24.7 Å². The van der Waals surface area contributed by atoms with E-state index in [-0.39, 0.29) is 17.9 Å². The van der Waals surface area contributed by atoms with Gasteiger partial charge in [-0.15, -0.1) is 0 Å². The zero-order valence-corrected chi connectivity index (χ0v) is 12.2. The summed E-state index contributed by atoms with van der Waals surface area (Å²) in [5.41, 5.74) is 1.14. The Morgan fingerprint density at radius 1 is 1.24 bits per heavy atom. The highest BCUT2D eigenvalue weighted by Crippen LogP contribution is 2.28. The third-order valence-electron chi connectivity index (χ3n) is 3.77. The molecule has 6 nitrogen and oxygen atoms in total. The van der Waals surface area contributed by atoms with Crippen LogP contribution >= 0.6 is 0 Å². The lowest BCUT2D eigenvalue weighted by Gasteiger charge is -2.21. The molecule has 21 heavy (non-hydrogen) atoms. The summed E-state index contributed by atoms with van der Waals surface area (Å²) in [6.45, 7) is 2.29. The number of carbonyl (C=O) groups excluding carboxylic acids is 2.